The number of rotatable bonds is 1. The van der Waals surface area contributed by atoms with Crippen molar-refractivity contribution in [2.24, 2.45) is 0 Å². The standard InChI is InChI=1S/C14H27N3O/c1-16-8-2-13(3-9-16)17-10-11-18-14(12-17)4-6-15-7-5-14/h13,15H,2-12H2,1H3. The van der Waals surface area contributed by atoms with Crippen LogP contribution in [0.15, 0.2) is 0 Å². The van der Waals surface area contributed by atoms with Gasteiger partial charge < -0.3 is 15.0 Å². The molecule has 1 spiro atoms. The fraction of sp³-hybridized carbons (Fsp3) is 1.00. The number of likely N-dealkylation sites (tertiary alicyclic amines) is 1. The maximum Gasteiger partial charge on any atom is 0.0833 e. The Morgan fingerprint density at radius 1 is 1.11 bits per heavy atom. The van der Waals surface area contributed by atoms with Crippen molar-refractivity contribution in [3.63, 3.8) is 0 Å². The van der Waals surface area contributed by atoms with E-state index in [4.69, 9.17) is 4.74 Å². The first-order valence-electron chi connectivity index (χ1n) is 7.55. The Morgan fingerprint density at radius 2 is 1.83 bits per heavy atom. The van der Waals surface area contributed by atoms with E-state index in [0.717, 1.165) is 32.3 Å². The van der Waals surface area contributed by atoms with Crippen LogP contribution in [0.4, 0.5) is 0 Å². The molecular formula is C14H27N3O. The Hall–Kier alpha value is -0.160. The topological polar surface area (TPSA) is 27.7 Å². The molecule has 3 saturated heterocycles. The Kier molecular flexibility index (Phi) is 3.89. The van der Waals surface area contributed by atoms with Gasteiger partial charge in [-0.15, -0.1) is 0 Å². The molecule has 4 nitrogen and oxygen atoms in total. The predicted molar refractivity (Wildman–Crippen MR) is 72.9 cm³/mol. The Labute approximate surface area is 111 Å². The lowest BCUT2D eigenvalue weighted by atomic mass is 9.89. The van der Waals surface area contributed by atoms with Crippen LogP contribution in [0.25, 0.3) is 0 Å². The third-order valence-corrected chi connectivity index (χ3v) is 5.00. The molecule has 3 heterocycles. The zero-order valence-electron chi connectivity index (χ0n) is 11.7. The van der Waals surface area contributed by atoms with E-state index in [-0.39, 0.29) is 5.60 Å². The summed E-state index contributed by atoms with van der Waals surface area (Å²) >= 11 is 0. The molecule has 3 rings (SSSR count). The van der Waals surface area contributed by atoms with Crippen LogP contribution in [-0.4, -0.2) is 74.4 Å². The van der Waals surface area contributed by atoms with Gasteiger partial charge in [-0.25, -0.2) is 0 Å². The first kappa shape index (κ1) is 12.9. The summed E-state index contributed by atoms with van der Waals surface area (Å²) in [6, 6.07) is 0.803. The summed E-state index contributed by atoms with van der Waals surface area (Å²) in [6.07, 6.45) is 5.06. The highest BCUT2D eigenvalue weighted by Gasteiger charge is 2.39. The number of ether oxygens (including phenoxy) is 1. The summed E-state index contributed by atoms with van der Waals surface area (Å²) in [6.45, 7) is 8.02. The molecule has 104 valence electrons. The van der Waals surface area contributed by atoms with Crippen molar-refractivity contribution in [1.29, 1.82) is 0 Å². The molecule has 1 N–H and O–H groups in total. The third-order valence-electron chi connectivity index (χ3n) is 5.00. The average Bonchev–Trinajstić information content (AvgIpc) is 2.40. The average molecular weight is 253 g/mol. The van der Waals surface area contributed by atoms with E-state index in [1.807, 2.05) is 0 Å². The quantitative estimate of drug-likeness (QED) is 0.738. The predicted octanol–water partition coefficient (Wildman–Crippen LogP) is 0.535. The second kappa shape index (κ2) is 5.45. The maximum absolute atomic E-state index is 6.16. The van der Waals surface area contributed by atoms with Gasteiger partial charge in [-0.05, 0) is 58.9 Å². The van der Waals surface area contributed by atoms with E-state index in [2.05, 4.69) is 22.2 Å². The number of morpholine rings is 1. The normalized spacial score (nSPS) is 31.8. The van der Waals surface area contributed by atoms with E-state index >= 15 is 0 Å². The van der Waals surface area contributed by atoms with E-state index in [0.29, 0.717) is 0 Å². The number of hydrogen-bond acceptors (Lipinski definition) is 4. The van der Waals surface area contributed by atoms with Gasteiger partial charge in [0.05, 0.1) is 12.2 Å². The van der Waals surface area contributed by atoms with Gasteiger partial charge in [-0.1, -0.05) is 0 Å². The molecular weight excluding hydrogens is 226 g/mol. The lowest BCUT2D eigenvalue weighted by Gasteiger charge is -2.48. The van der Waals surface area contributed by atoms with Crippen LogP contribution >= 0.6 is 0 Å². The van der Waals surface area contributed by atoms with Crippen molar-refractivity contribution in [2.45, 2.75) is 37.3 Å². The van der Waals surface area contributed by atoms with Gasteiger partial charge in [0.25, 0.3) is 0 Å². The molecule has 0 saturated carbocycles. The molecule has 0 radical (unpaired) electrons. The molecule has 0 atom stereocenters. The second-order valence-electron chi connectivity index (χ2n) is 6.29. The number of nitrogens with one attached hydrogen (secondary N) is 1. The molecule has 3 aliphatic rings. The molecule has 18 heavy (non-hydrogen) atoms. The van der Waals surface area contributed by atoms with Gasteiger partial charge >= 0.3 is 0 Å². The van der Waals surface area contributed by atoms with E-state index in [1.165, 1.54) is 45.3 Å². The van der Waals surface area contributed by atoms with Crippen molar-refractivity contribution >= 4 is 0 Å². The van der Waals surface area contributed by atoms with Crippen molar-refractivity contribution < 1.29 is 4.74 Å². The SMILES string of the molecule is CN1CCC(N2CCOC3(CCNCC3)C2)CC1. The van der Waals surface area contributed by atoms with Gasteiger partial charge in [-0.2, -0.15) is 0 Å². The highest BCUT2D eigenvalue weighted by atomic mass is 16.5. The zero-order chi connectivity index (χ0) is 12.4. The van der Waals surface area contributed by atoms with Crippen LogP contribution in [0.5, 0.6) is 0 Å². The van der Waals surface area contributed by atoms with E-state index in [1.54, 1.807) is 0 Å². The van der Waals surface area contributed by atoms with Gasteiger partial charge in [0.1, 0.15) is 0 Å². The Bertz CT molecular complexity index is 265. The fourth-order valence-electron chi connectivity index (χ4n) is 3.73. The molecule has 4 heteroatoms. The van der Waals surface area contributed by atoms with Crippen LogP contribution < -0.4 is 5.32 Å². The van der Waals surface area contributed by atoms with Crippen molar-refractivity contribution in [1.82, 2.24) is 15.1 Å². The van der Waals surface area contributed by atoms with Crippen molar-refractivity contribution in [3.8, 4) is 0 Å². The second-order valence-corrected chi connectivity index (χ2v) is 6.29. The first-order valence-corrected chi connectivity index (χ1v) is 7.55. The molecule has 0 aromatic carbocycles. The van der Waals surface area contributed by atoms with Crippen LogP contribution in [-0.2, 0) is 4.74 Å². The van der Waals surface area contributed by atoms with Gasteiger partial charge in [0.15, 0.2) is 0 Å². The molecule has 0 unspecified atom stereocenters. The van der Waals surface area contributed by atoms with Gasteiger partial charge in [0, 0.05) is 19.1 Å². The minimum atomic E-state index is 0.173. The molecule has 0 aliphatic carbocycles. The molecule has 0 aromatic heterocycles. The fourth-order valence-corrected chi connectivity index (χ4v) is 3.73. The van der Waals surface area contributed by atoms with Crippen LogP contribution in [0, 0.1) is 0 Å². The molecule has 3 aliphatic heterocycles. The lowest BCUT2D eigenvalue weighted by Crippen LogP contribution is -2.59. The molecule has 3 fully saturated rings. The molecule has 0 bridgehead atoms. The highest BCUT2D eigenvalue weighted by Crippen LogP contribution is 2.30. The van der Waals surface area contributed by atoms with Crippen LogP contribution in [0.2, 0.25) is 0 Å². The van der Waals surface area contributed by atoms with E-state index < -0.39 is 0 Å². The van der Waals surface area contributed by atoms with Gasteiger partial charge in [0.2, 0.25) is 0 Å². The monoisotopic (exact) mass is 253 g/mol. The zero-order valence-corrected chi connectivity index (χ0v) is 11.7. The summed E-state index contributed by atoms with van der Waals surface area (Å²) in [5, 5.41) is 3.45. The largest absolute Gasteiger partial charge is 0.372 e. The van der Waals surface area contributed by atoms with Crippen molar-refractivity contribution in [2.75, 3.05) is 52.9 Å². The minimum absolute atomic E-state index is 0.173. The number of nitrogens with zero attached hydrogens (tertiary/aromatic N) is 2. The lowest BCUT2D eigenvalue weighted by molar-refractivity contribution is -0.135. The van der Waals surface area contributed by atoms with E-state index in [9.17, 15) is 0 Å². The summed E-state index contributed by atoms with van der Waals surface area (Å²) in [7, 11) is 2.24. The number of piperidine rings is 2. The summed E-state index contributed by atoms with van der Waals surface area (Å²) in [4.78, 5) is 5.18. The molecule has 0 amide bonds. The smallest absolute Gasteiger partial charge is 0.0833 e. The summed E-state index contributed by atoms with van der Waals surface area (Å²) in [5.41, 5.74) is 0.173. The van der Waals surface area contributed by atoms with Crippen LogP contribution in [0.1, 0.15) is 25.7 Å². The number of hydrogen-bond donors (Lipinski definition) is 1. The Morgan fingerprint density at radius 3 is 2.56 bits per heavy atom. The summed E-state index contributed by atoms with van der Waals surface area (Å²) < 4.78 is 6.16. The molecule has 0 aromatic rings. The summed E-state index contributed by atoms with van der Waals surface area (Å²) in [5.74, 6) is 0. The first-order chi connectivity index (χ1) is 8.77. The minimum Gasteiger partial charge on any atom is -0.372 e. The highest BCUT2D eigenvalue weighted by molar-refractivity contribution is 4.94. The van der Waals surface area contributed by atoms with Gasteiger partial charge in [-0.3, -0.25) is 4.90 Å². The van der Waals surface area contributed by atoms with Crippen molar-refractivity contribution in [3.05, 3.63) is 0 Å². The third kappa shape index (κ3) is 2.72. The van der Waals surface area contributed by atoms with Crippen LogP contribution in [0.3, 0.4) is 0 Å². The maximum atomic E-state index is 6.16. The Balaban J connectivity index is 1.59.